The Morgan fingerprint density at radius 1 is 1.80 bits per heavy atom. The molecule has 0 bridgehead atoms. The van der Waals surface area contributed by atoms with Crippen LogP contribution < -0.4 is 5.32 Å². The maximum Gasteiger partial charge on any atom is 0.267 e. The Morgan fingerprint density at radius 3 is 2.90 bits per heavy atom. The van der Waals surface area contributed by atoms with E-state index in [1.165, 1.54) is 0 Å². The zero-order valence-corrected chi connectivity index (χ0v) is 7.03. The van der Waals surface area contributed by atoms with Crippen molar-refractivity contribution in [2.45, 2.75) is 0 Å². The minimum absolute atomic E-state index is 0.106. The molecule has 1 rings (SSSR count). The van der Waals surface area contributed by atoms with Crippen LogP contribution in [0.2, 0.25) is 0 Å². The van der Waals surface area contributed by atoms with E-state index >= 15 is 0 Å². The van der Waals surface area contributed by atoms with Gasteiger partial charge in [0.05, 0.1) is 0 Å². The van der Waals surface area contributed by atoms with Crippen molar-refractivity contribution in [1.29, 1.82) is 0 Å². The number of rotatable bonds is 1. The maximum absolute atomic E-state index is 10.9. The van der Waals surface area contributed by atoms with Crippen LogP contribution in [0.1, 0.15) is 10.5 Å². The molecule has 0 saturated carbocycles. The van der Waals surface area contributed by atoms with Crippen LogP contribution in [0.15, 0.2) is 16.7 Å². The Balaban J connectivity index is 2.85. The predicted octanol–water partition coefficient (Wildman–Crippen LogP) is 1.14. The Hall–Kier alpha value is -0.770. The number of aromatic nitrogens is 1. The number of carbonyl (C=O) groups is 1. The highest BCUT2D eigenvalue weighted by Gasteiger charge is 2.03. The summed E-state index contributed by atoms with van der Waals surface area (Å²) in [5.74, 6) is -0.106. The average molecular weight is 203 g/mol. The topological polar surface area (TPSA) is 44.9 Å². The number of hydrogen-bond donors (Lipinski definition) is 2. The first-order valence-corrected chi connectivity index (χ1v) is 3.59. The lowest BCUT2D eigenvalue weighted by Gasteiger charge is -1.91. The van der Waals surface area contributed by atoms with Crippen molar-refractivity contribution >= 4 is 21.8 Å². The summed E-state index contributed by atoms with van der Waals surface area (Å²) < 4.78 is 0.881. The molecule has 1 amide bonds. The van der Waals surface area contributed by atoms with E-state index in [-0.39, 0.29) is 5.91 Å². The molecule has 4 heteroatoms. The quantitative estimate of drug-likeness (QED) is 0.706. The first-order chi connectivity index (χ1) is 4.74. The van der Waals surface area contributed by atoms with Crippen molar-refractivity contribution in [3.8, 4) is 0 Å². The Bertz CT molecular complexity index is 244. The summed E-state index contributed by atoms with van der Waals surface area (Å²) in [4.78, 5) is 13.7. The van der Waals surface area contributed by atoms with Crippen LogP contribution in [0, 0.1) is 0 Å². The van der Waals surface area contributed by atoms with Gasteiger partial charge in [-0.05, 0) is 22.0 Å². The van der Waals surface area contributed by atoms with Crippen LogP contribution in [0.3, 0.4) is 0 Å². The molecule has 0 saturated heterocycles. The third kappa shape index (κ3) is 1.39. The van der Waals surface area contributed by atoms with Gasteiger partial charge in [-0.3, -0.25) is 4.79 Å². The van der Waals surface area contributed by atoms with Crippen molar-refractivity contribution in [1.82, 2.24) is 10.3 Å². The second kappa shape index (κ2) is 2.88. The van der Waals surface area contributed by atoms with E-state index in [0.29, 0.717) is 5.69 Å². The molecule has 10 heavy (non-hydrogen) atoms. The largest absolute Gasteiger partial charge is 0.356 e. The summed E-state index contributed by atoms with van der Waals surface area (Å²) in [6, 6.07) is 1.72. The lowest BCUT2D eigenvalue weighted by Crippen LogP contribution is -2.17. The van der Waals surface area contributed by atoms with Gasteiger partial charge in [0, 0.05) is 17.7 Å². The van der Waals surface area contributed by atoms with E-state index in [9.17, 15) is 4.79 Å². The van der Waals surface area contributed by atoms with Gasteiger partial charge in [-0.1, -0.05) is 0 Å². The molecule has 1 heterocycles. The number of halogens is 1. The highest BCUT2D eigenvalue weighted by Crippen LogP contribution is 2.09. The molecule has 1 aromatic heterocycles. The molecule has 2 N–H and O–H groups in total. The molecule has 0 atom stereocenters. The number of aromatic amines is 1. The molecule has 3 nitrogen and oxygen atoms in total. The predicted molar refractivity (Wildman–Crippen MR) is 41.9 cm³/mol. The second-order valence-corrected chi connectivity index (χ2v) is 2.73. The molecule has 54 valence electrons. The van der Waals surface area contributed by atoms with Gasteiger partial charge < -0.3 is 10.3 Å². The van der Waals surface area contributed by atoms with E-state index in [1.54, 1.807) is 19.3 Å². The fourth-order valence-electron chi connectivity index (χ4n) is 0.634. The number of nitrogens with one attached hydrogen (secondary N) is 2. The van der Waals surface area contributed by atoms with Crippen molar-refractivity contribution in [3.63, 3.8) is 0 Å². The van der Waals surface area contributed by atoms with Gasteiger partial charge in [-0.25, -0.2) is 0 Å². The molecule has 0 aliphatic heterocycles. The van der Waals surface area contributed by atoms with Crippen molar-refractivity contribution < 1.29 is 4.79 Å². The van der Waals surface area contributed by atoms with Gasteiger partial charge in [-0.2, -0.15) is 0 Å². The molecular formula is C6H7BrN2O. The molecule has 1 aromatic rings. The fraction of sp³-hybridized carbons (Fsp3) is 0.167. The molecule has 0 aromatic carbocycles. The van der Waals surface area contributed by atoms with E-state index in [4.69, 9.17) is 0 Å². The van der Waals surface area contributed by atoms with E-state index in [2.05, 4.69) is 26.2 Å². The third-order valence-corrected chi connectivity index (χ3v) is 1.58. The lowest BCUT2D eigenvalue weighted by atomic mass is 10.4. The molecule has 0 fully saturated rings. The van der Waals surface area contributed by atoms with Crippen LogP contribution in [0.25, 0.3) is 0 Å². The summed E-state index contributed by atoms with van der Waals surface area (Å²) in [7, 11) is 1.59. The zero-order chi connectivity index (χ0) is 7.56. The summed E-state index contributed by atoms with van der Waals surface area (Å²) in [5, 5.41) is 2.50. The number of carbonyl (C=O) groups excluding carboxylic acids is 1. The highest BCUT2D eigenvalue weighted by molar-refractivity contribution is 9.10. The van der Waals surface area contributed by atoms with E-state index in [0.717, 1.165) is 4.47 Å². The van der Waals surface area contributed by atoms with Crippen LogP contribution in [-0.2, 0) is 0 Å². The minimum atomic E-state index is -0.106. The lowest BCUT2D eigenvalue weighted by molar-refractivity contribution is 0.0959. The molecular weight excluding hydrogens is 196 g/mol. The Kier molecular flexibility index (Phi) is 2.11. The third-order valence-electron chi connectivity index (χ3n) is 1.12. The number of amides is 1. The van der Waals surface area contributed by atoms with Gasteiger partial charge in [0.25, 0.3) is 5.91 Å². The van der Waals surface area contributed by atoms with E-state index < -0.39 is 0 Å². The minimum Gasteiger partial charge on any atom is -0.356 e. The van der Waals surface area contributed by atoms with Crippen LogP contribution in [0.5, 0.6) is 0 Å². The zero-order valence-electron chi connectivity index (χ0n) is 5.44. The summed E-state index contributed by atoms with van der Waals surface area (Å²) in [6.45, 7) is 0. The van der Waals surface area contributed by atoms with Crippen LogP contribution in [0.4, 0.5) is 0 Å². The fourth-order valence-corrected chi connectivity index (χ4v) is 0.977. The molecule has 0 aliphatic rings. The van der Waals surface area contributed by atoms with Crippen LogP contribution >= 0.6 is 15.9 Å². The monoisotopic (exact) mass is 202 g/mol. The SMILES string of the molecule is CNC(=O)c1cc(Br)c[nH]1. The van der Waals surface area contributed by atoms with E-state index in [1.807, 2.05) is 0 Å². The molecule has 0 aliphatic carbocycles. The average Bonchev–Trinajstić information content (AvgIpc) is 2.34. The first-order valence-electron chi connectivity index (χ1n) is 2.80. The normalized spacial score (nSPS) is 9.40. The summed E-state index contributed by atoms with van der Waals surface area (Å²) >= 11 is 3.22. The first kappa shape index (κ1) is 7.34. The van der Waals surface area contributed by atoms with Gasteiger partial charge in [-0.15, -0.1) is 0 Å². The molecule has 0 spiro atoms. The van der Waals surface area contributed by atoms with Crippen molar-refractivity contribution in [2.75, 3.05) is 7.05 Å². The van der Waals surface area contributed by atoms with Gasteiger partial charge >= 0.3 is 0 Å². The molecule has 0 unspecified atom stereocenters. The Morgan fingerprint density at radius 2 is 2.50 bits per heavy atom. The number of H-pyrrole nitrogens is 1. The van der Waals surface area contributed by atoms with Gasteiger partial charge in [0.1, 0.15) is 5.69 Å². The van der Waals surface area contributed by atoms with Crippen molar-refractivity contribution in [2.24, 2.45) is 0 Å². The highest BCUT2D eigenvalue weighted by atomic mass is 79.9. The second-order valence-electron chi connectivity index (χ2n) is 1.81. The number of hydrogen-bond acceptors (Lipinski definition) is 1. The maximum atomic E-state index is 10.9. The van der Waals surface area contributed by atoms with Gasteiger partial charge in [0.2, 0.25) is 0 Å². The summed E-state index contributed by atoms with van der Waals surface area (Å²) in [6.07, 6.45) is 1.71. The Labute approximate surface area is 66.9 Å². The molecule has 0 radical (unpaired) electrons. The van der Waals surface area contributed by atoms with Crippen molar-refractivity contribution in [3.05, 3.63) is 22.4 Å². The van der Waals surface area contributed by atoms with Gasteiger partial charge in [0.15, 0.2) is 0 Å². The summed E-state index contributed by atoms with van der Waals surface area (Å²) in [5.41, 5.74) is 0.564. The standard InChI is InChI=1S/C6H7BrN2O/c1-8-6(10)5-2-4(7)3-9-5/h2-3,9H,1H3,(H,8,10). The smallest absolute Gasteiger partial charge is 0.267 e. The van der Waals surface area contributed by atoms with Crippen LogP contribution in [-0.4, -0.2) is 17.9 Å².